The predicted octanol–water partition coefficient (Wildman–Crippen LogP) is 3.29. The molecule has 0 N–H and O–H groups in total. The third kappa shape index (κ3) is 6.12. The zero-order valence-electron chi connectivity index (χ0n) is 13.4. The second kappa shape index (κ2) is 10.1. The molecule has 132 valence electrons. The van der Waals surface area contributed by atoms with E-state index < -0.39 is 11.9 Å². The maximum Gasteiger partial charge on any atom is 0.339 e. The van der Waals surface area contributed by atoms with Crippen LogP contribution in [0.15, 0.2) is 58.3 Å². The Morgan fingerprint density at radius 3 is 1.48 bits per heavy atom. The van der Waals surface area contributed by atoms with Gasteiger partial charge in [-0.05, 0) is 24.3 Å². The van der Waals surface area contributed by atoms with E-state index in [4.69, 9.17) is 14.2 Å². The number of carbonyl (C=O) groups excluding carboxylic acids is 2. The van der Waals surface area contributed by atoms with Gasteiger partial charge in [0.05, 0.1) is 24.3 Å². The molecule has 2 aromatic carbocycles. The molecule has 2 rings (SSSR count). The number of thiol groups is 2. The molecule has 2 aromatic rings. The van der Waals surface area contributed by atoms with E-state index in [9.17, 15) is 9.59 Å². The summed E-state index contributed by atoms with van der Waals surface area (Å²) in [6, 6.07) is 13.8. The van der Waals surface area contributed by atoms with Crippen LogP contribution >= 0.6 is 25.3 Å². The number of esters is 2. The van der Waals surface area contributed by atoms with Gasteiger partial charge in [-0.25, -0.2) is 9.59 Å². The summed E-state index contributed by atoms with van der Waals surface area (Å²) < 4.78 is 15.5. The molecule has 0 radical (unpaired) electrons. The first-order chi connectivity index (χ1) is 12.1. The van der Waals surface area contributed by atoms with Crippen molar-refractivity contribution in [2.75, 3.05) is 26.4 Å². The largest absolute Gasteiger partial charge is 0.460 e. The molecule has 0 spiro atoms. The molecule has 0 heterocycles. The van der Waals surface area contributed by atoms with Gasteiger partial charge in [0.15, 0.2) is 0 Å². The zero-order chi connectivity index (χ0) is 18.1. The fraction of sp³-hybridized carbons (Fsp3) is 0.222. The number of carbonyl (C=O) groups is 2. The van der Waals surface area contributed by atoms with Crippen LogP contribution in [0.5, 0.6) is 0 Å². The van der Waals surface area contributed by atoms with Crippen LogP contribution in [0.25, 0.3) is 0 Å². The molecule has 0 atom stereocenters. The first-order valence-corrected chi connectivity index (χ1v) is 8.47. The van der Waals surface area contributed by atoms with Crippen molar-refractivity contribution in [3.8, 4) is 0 Å². The van der Waals surface area contributed by atoms with Crippen LogP contribution in [-0.2, 0) is 14.2 Å². The van der Waals surface area contributed by atoms with E-state index in [-0.39, 0.29) is 26.4 Å². The molecule has 0 fully saturated rings. The van der Waals surface area contributed by atoms with Gasteiger partial charge in [-0.2, -0.15) is 0 Å². The van der Waals surface area contributed by atoms with Gasteiger partial charge in [0.2, 0.25) is 0 Å². The normalized spacial score (nSPS) is 10.3. The van der Waals surface area contributed by atoms with Crippen LogP contribution in [0.2, 0.25) is 0 Å². The Morgan fingerprint density at radius 2 is 1.08 bits per heavy atom. The van der Waals surface area contributed by atoms with Crippen molar-refractivity contribution in [1.29, 1.82) is 0 Å². The van der Waals surface area contributed by atoms with E-state index >= 15 is 0 Å². The number of hydrogen-bond acceptors (Lipinski definition) is 7. The predicted molar refractivity (Wildman–Crippen MR) is 98.8 cm³/mol. The number of benzene rings is 2. The number of rotatable bonds is 8. The highest BCUT2D eigenvalue weighted by Crippen LogP contribution is 2.14. The van der Waals surface area contributed by atoms with Crippen LogP contribution in [0.3, 0.4) is 0 Å². The summed E-state index contributed by atoms with van der Waals surface area (Å²) in [5, 5.41) is 0. The van der Waals surface area contributed by atoms with Gasteiger partial charge in [-0.15, -0.1) is 25.3 Å². The standard InChI is InChI=1S/C18H18O5S2/c19-17(13-5-1-3-7-15(13)24)22-11-9-21-10-12-23-18(20)14-6-2-4-8-16(14)25/h1-8,24-25H,9-12H2. The van der Waals surface area contributed by atoms with Gasteiger partial charge in [-0.1, -0.05) is 24.3 Å². The molecule has 5 nitrogen and oxygen atoms in total. The Morgan fingerprint density at radius 1 is 0.680 bits per heavy atom. The molecular weight excluding hydrogens is 360 g/mol. The smallest absolute Gasteiger partial charge is 0.339 e. The minimum atomic E-state index is -0.453. The maximum atomic E-state index is 11.8. The lowest BCUT2D eigenvalue weighted by molar-refractivity contribution is 0.0148. The molecule has 0 unspecified atom stereocenters. The average molecular weight is 378 g/mol. The van der Waals surface area contributed by atoms with Crippen molar-refractivity contribution in [2.24, 2.45) is 0 Å². The third-order valence-corrected chi connectivity index (χ3v) is 3.95. The zero-order valence-corrected chi connectivity index (χ0v) is 15.2. The molecule has 25 heavy (non-hydrogen) atoms. The van der Waals surface area contributed by atoms with Crippen molar-refractivity contribution < 1.29 is 23.8 Å². The van der Waals surface area contributed by atoms with E-state index in [2.05, 4.69) is 25.3 Å². The fourth-order valence-corrected chi connectivity index (χ4v) is 2.44. The lowest BCUT2D eigenvalue weighted by Crippen LogP contribution is -2.15. The van der Waals surface area contributed by atoms with E-state index in [0.29, 0.717) is 20.9 Å². The SMILES string of the molecule is O=C(OCCOCCOC(=O)c1ccccc1S)c1ccccc1S. The van der Waals surface area contributed by atoms with Gasteiger partial charge >= 0.3 is 11.9 Å². The fourth-order valence-electron chi connectivity index (χ4n) is 1.94. The van der Waals surface area contributed by atoms with Gasteiger partial charge < -0.3 is 14.2 Å². The van der Waals surface area contributed by atoms with Crippen molar-refractivity contribution in [2.45, 2.75) is 9.79 Å². The number of hydrogen-bond donors (Lipinski definition) is 2. The topological polar surface area (TPSA) is 61.8 Å². The van der Waals surface area contributed by atoms with E-state index in [0.717, 1.165) is 0 Å². The van der Waals surface area contributed by atoms with Crippen LogP contribution in [0.1, 0.15) is 20.7 Å². The Hall–Kier alpha value is -1.96. The van der Waals surface area contributed by atoms with E-state index in [1.165, 1.54) is 0 Å². The van der Waals surface area contributed by atoms with Gasteiger partial charge in [0.1, 0.15) is 13.2 Å². The highest BCUT2D eigenvalue weighted by atomic mass is 32.1. The van der Waals surface area contributed by atoms with Gasteiger partial charge in [0, 0.05) is 9.79 Å². The molecule has 7 heteroatoms. The molecule has 0 amide bonds. The van der Waals surface area contributed by atoms with Crippen molar-refractivity contribution in [3.63, 3.8) is 0 Å². The van der Waals surface area contributed by atoms with Crippen molar-refractivity contribution in [1.82, 2.24) is 0 Å². The molecule has 0 aliphatic rings. The first-order valence-electron chi connectivity index (χ1n) is 7.57. The Kier molecular flexibility index (Phi) is 7.84. The molecular formula is C18H18O5S2. The minimum Gasteiger partial charge on any atom is -0.460 e. The maximum absolute atomic E-state index is 11.8. The third-order valence-electron chi connectivity index (χ3n) is 3.17. The van der Waals surface area contributed by atoms with Crippen LogP contribution in [-0.4, -0.2) is 38.4 Å². The molecule has 0 saturated heterocycles. The monoisotopic (exact) mass is 378 g/mol. The molecule has 0 aliphatic carbocycles. The van der Waals surface area contributed by atoms with Crippen molar-refractivity contribution in [3.05, 3.63) is 59.7 Å². The van der Waals surface area contributed by atoms with E-state index in [1.807, 2.05) is 0 Å². The van der Waals surface area contributed by atoms with Crippen LogP contribution < -0.4 is 0 Å². The molecule has 0 aliphatic heterocycles. The molecule has 0 aromatic heterocycles. The average Bonchev–Trinajstić information content (AvgIpc) is 2.61. The summed E-state index contributed by atoms with van der Waals surface area (Å²) in [7, 11) is 0. The molecule has 0 bridgehead atoms. The Balaban J connectivity index is 1.60. The second-order valence-corrected chi connectivity index (χ2v) is 5.88. The summed E-state index contributed by atoms with van der Waals surface area (Å²) in [5.41, 5.74) is 0.815. The summed E-state index contributed by atoms with van der Waals surface area (Å²) in [6.07, 6.45) is 0. The van der Waals surface area contributed by atoms with Crippen LogP contribution in [0.4, 0.5) is 0 Å². The first kappa shape index (κ1) is 19.4. The Bertz CT molecular complexity index is 671. The van der Waals surface area contributed by atoms with Gasteiger partial charge in [0.25, 0.3) is 0 Å². The van der Waals surface area contributed by atoms with E-state index in [1.54, 1.807) is 48.5 Å². The quantitative estimate of drug-likeness (QED) is 0.419. The summed E-state index contributed by atoms with van der Waals surface area (Å²) in [6.45, 7) is 0.630. The number of ether oxygens (including phenoxy) is 3. The minimum absolute atomic E-state index is 0.106. The lowest BCUT2D eigenvalue weighted by atomic mass is 10.2. The summed E-state index contributed by atoms with van der Waals surface area (Å²) in [5.74, 6) is -0.906. The van der Waals surface area contributed by atoms with Crippen LogP contribution in [0, 0.1) is 0 Å². The Labute approximate surface area is 157 Å². The molecule has 0 saturated carbocycles. The highest BCUT2D eigenvalue weighted by molar-refractivity contribution is 7.80. The summed E-state index contributed by atoms with van der Waals surface area (Å²) in [4.78, 5) is 24.8. The highest BCUT2D eigenvalue weighted by Gasteiger charge is 2.11. The van der Waals surface area contributed by atoms with Gasteiger partial charge in [-0.3, -0.25) is 0 Å². The summed E-state index contributed by atoms with van der Waals surface area (Å²) >= 11 is 8.40. The second-order valence-electron chi connectivity index (χ2n) is 4.92. The van der Waals surface area contributed by atoms with Crippen molar-refractivity contribution >= 4 is 37.2 Å². The lowest BCUT2D eigenvalue weighted by Gasteiger charge is -2.08.